The van der Waals surface area contributed by atoms with Crippen LogP contribution in [0.2, 0.25) is 0 Å². The third-order valence-corrected chi connectivity index (χ3v) is 1.50. The van der Waals surface area contributed by atoms with Gasteiger partial charge in [0.15, 0.2) is 5.96 Å². The van der Waals surface area contributed by atoms with Crippen LogP contribution in [-0.4, -0.2) is 36.8 Å². The zero-order valence-electron chi connectivity index (χ0n) is 11.7. The van der Waals surface area contributed by atoms with E-state index in [1.54, 1.807) is 0 Å². The van der Waals surface area contributed by atoms with E-state index >= 15 is 0 Å². The molecule has 0 saturated carbocycles. The molecule has 0 rings (SSSR count). The molecule has 18 heavy (non-hydrogen) atoms. The van der Waals surface area contributed by atoms with Gasteiger partial charge >= 0.3 is 6.09 Å². The van der Waals surface area contributed by atoms with Gasteiger partial charge in [-0.2, -0.15) is 0 Å². The third-order valence-electron chi connectivity index (χ3n) is 1.50. The van der Waals surface area contributed by atoms with E-state index in [-0.39, 0.29) is 30.0 Å². The van der Waals surface area contributed by atoms with Crippen LogP contribution in [0.4, 0.5) is 4.79 Å². The molecule has 0 unspecified atom stereocenters. The maximum Gasteiger partial charge on any atom is 0.407 e. The number of halogens is 1. The monoisotopic (exact) mass is 372 g/mol. The highest BCUT2D eigenvalue weighted by Gasteiger charge is 2.15. The summed E-state index contributed by atoms with van der Waals surface area (Å²) in [6, 6.07) is 0.248. The summed E-state index contributed by atoms with van der Waals surface area (Å²) in [6.07, 6.45) is -0.442. The summed E-state index contributed by atoms with van der Waals surface area (Å²) in [4.78, 5) is 15.3. The van der Waals surface area contributed by atoms with Gasteiger partial charge < -0.3 is 21.1 Å². The Hall–Kier alpha value is -0.730. The molecule has 0 aromatic heterocycles. The van der Waals surface area contributed by atoms with Gasteiger partial charge in [0.1, 0.15) is 5.60 Å². The van der Waals surface area contributed by atoms with Crippen LogP contribution in [0.5, 0.6) is 0 Å². The van der Waals surface area contributed by atoms with Crippen molar-refractivity contribution >= 4 is 36.0 Å². The zero-order valence-corrected chi connectivity index (χ0v) is 14.1. The summed E-state index contributed by atoms with van der Waals surface area (Å²) in [6.45, 7) is 10.2. The Morgan fingerprint density at radius 1 is 1.39 bits per heavy atom. The number of nitrogens with zero attached hydrogens (tertiary/aromatic N) is 1. The van der Waals surface area contributed by atoms with Crippen LogP contribution in [0.1, 0.15) is 34.6 Å². The molecular weight excluding hydrogens is 347 g/mol. The van der Waals surface area contributed by atoms with Crippen LogP contribution < -0.4 is 16.4 Å². The van der Waals surface area contributed by atoms with Gasteiger partial charge in [0.25, 0.3) is 0 Å². The van der Waals surface area contributed by atoms with Gasteiger partial charge in [-0.3, -0.25) is 4.99 Å². The van der Waals surface area contributed by atoms with Gasteiger partial charge in [0, 0.05) is 12.6 Å². The van der Waals surface area contributed by atoms with Crippen molar-refractivity contribution in [3.8, 4) is 0 Å². The minimum atomic E-state index is -0.481. The molecule has 0 aliphatic heterocycles. The van der Waals surface area contributed by atoms with E-state index in [1.807, 2.05) is 34.6 Å². The summed E-state index contributed by atoms with van der Waals surface area (Å²) in [5, 5.41) is 5.55. The molecule has 0 radical (unpaired) electrons. The van der Waals surface area contributed by atoms with Gasteiger partial charge in [0.05, 0.1) is 6.54 Å². The van der Waals surface area contributed by atoms with E-state index in [0.717, 1.165) is 0 Å². The molecular formula is C11H25IN4O2. The summed E-state index contributed by atoms with van der Waals surface area (Å²) in [7, 11) is 0. The second-order valence-electron chi connectivity index (χ2n) is 4.99. The Morgan fingerprint density at radius 3 is 2.39 bits per heavy atom. The standard InChI is InChI=1S/C11H24N4O2.HI/c1-8(2)15-9(12)13-6-7-14-10(16)17-11(3,4)5;/h8H,6-7H2,1-5H3,(H,14,16)(H3,12,13,15);1H. The van der Waals surface area contributed by atoms with Crippen molar-refractivity contribution < 1.29 is 9.53 Å². The Balaban J connectivity index is 0. The number of rotatable bonds is 4. The number of alkyl carbamates (subject to hydrolysis) is 1. The van der Waals surface area contributed by atoms with Gasteiger partial charge in [-0.1, -0.05) is 0 Å². The predicted octanol–water partition coefficient (Wildman–Crippen LogP) is 1.44. The van der Waals surface area contributed by atoms with Crippen LogP contribution in [0.25, 0.3) is 0 Å². The van der Waals surface area contributed by atoms with E-state index in [1.165, 1.54) is 0 Å². The Morgan fingerprint density at radius 2 is 1.94 bits per heavy atom. The number of aliphatic imine (C=N–C) groups is 1. The largest absolute Gasteiger partial charge is 0.444 e. The fraction of sp³-hybridized carbons (Fsp3) is 0.818. The fourth-order valence-electron chi connectivity index (χ4n) is 0.990. The second kappa shape index (κ2) is 9.23. The molecule has 7 heteroatoms. The van der Waals surface area contributed by atoms with Crippen molar-refractivity contribution in [3.05, 3.63) is 0 Å². The summed E-state index contributed by atoms with van der Waals surface area (Å²) in [5.41, 5.74) is 5.11. The smallest absolute Gasteiger partial charge is 0.407 e. The molecule has 0 fully saturated rings. The number of hydrogen-bond donors (Lipinski definition) is 3. The molecule has 0 spiro atoms. The van der Waals surface area contributed by atoms with Crippen molar-refractivity contribution in [2.24, 2.45) is 10.7 Å². The molecule has 6 nitrogen and oxygen atoms in total. The molecule has 0 aromatic carbocycles. The van der Waals surface area contributed by atoms with Crippen molar-refractivity contribution in [2.75, 3.05) is 13.1 Å². The molecule has 108 valence electrons. The Labute approximate surface area is 126 Å². The molecule has 0 aromatic rings. The van der Waals surface area contributed by atoms with Crippen LogP contribution in [0, 0.1) is 0 Å². The first-order chi connectivity index (χ1) is 7.70. The molecule has 0 aliphatic carbocycles. The van der Waals surface area contributed by atoms with Crippen molar-refractivity contribution in [3.63, 3.8) is 0 Å². The van der Waals surface area contributed by atoms with E-state index < -0.39 is 11.7 Å². The zero-order chi connectivity index (χ0) is 13.5. The molecule has 4 N–H and O–H groups in total. The fourth-order valence-corrected chi connectivity index (χ4v) is 0.990. The van der Waals surface area contributed by atoms with Gasteiger partial charge in [0.2, 0.25) is 0 Å². The van der Waals surface area contributed by atoms with Crippen molar-refractivity contribution in [1.29, 1.82) is 0 Å². The van der Waals surface area contributed by atoms with E-state index in [9.17, 15) is 4.79 Å². The maximum absolute atomic E-state index is 11.3. The predicted molar refractivity (Wildman–Crippen MR) is 84.4 cm³/mol. The number of ether oxygens (including phenoxy) is 1. The number of amides is 1. The second-order valence-corrected chi connectivity index (χ2v) is 4.99. The Kier molecular flexibility index (Phi) is 10.1. The molecule has 0 atom stereocenters. The maximum atomic E-state index is 11.3. The summed E-state index contributed by atoms with van der Waals surface area (Å²) >= 11 is 0. The van der Waals surface area contributed by atoms with Crippen LogP contribution >= 0.6 is 24.0 Å². The van der Waals surface area contributed by atoms with Crippen LogP contribution in [-0.2, 0) is 4.74 Å². The molecule has 0 heterocycles. The van der Waals surface area contributed by atoms with Gasteiger partial charge in [-0.05, 0) is 34.6 Å². The number of hydrogen-bond acceptors (Lipinski definition) is 3. The molecule has 0 bridgehead atoms. The van der Waals surface area contributed by atoms with Crippen molar-refractivity contribution in [1.82, 2.24) is 10.6 Å². The highest BCUT2D eigenvalue weighted by atomic mass is 127. The lowest BCUT2D eigenvalue weighted by Gasteiger charge is -2.19. The van der Waals surface area contributed by atoms with Crippen LogP contribution in [0.15, 0.2) is 4.99 Å². The Bertz CT molecular complexity index is 275. The molecule has 0 saturated heterocycles. The number of guanidine groups is 1. The highest BCUT2D eigenvalue weighted by Crippen LogP contribution is 2.05. The van der Waals surface area contributed by atoms with Gasteiger partial charge in [-0.25, -0.2) is 4.79 Å². The number of carbonyl (C=O) groups is 1. The lowest BCUT2D eigenvalue weighted by atomic mass is 10.2. The first kappa shape index (κ1) is 19.6. The minimum absolute atomic E-state index is 0. The first-order valence-corrected chi connectivity index (χ1v) is 5.74. The average molecular weight is 372 g/mol. The minimum Gasteiger partial charge on any atom is -0.444 e. The lowest BCUT2D eigenvalue weighted by molar-refractivity contribution is 0.0529. The van der Waals surface area contributed by atoms with E-state index in [4.69, 9.17) is 10.5 Å². The van der Waals surface area contributed by atoms with E-state index in [2.05, 4.69) is 15.6 Å². The number of carbonyl (C=O) groups excluding carboxylic acids is 1. The quantitative estimate of drug-likeness (QED) is 0.302. The van der Waals surface area contributed by atoms with Crippen LogP contribution in [0.3, 0.4) is 0 Å². The normalized spacial score (nSPS) is 11.8. The first-order valence-electron chi connectivity index (χ1n) is 5.74. The summed E-state index contributed by atoms with van der Waals surface area (Å²) in [5.74, 6) is 0.381. The van der Waals surface area contributed by atoms with Crippen molar-refractivity contribution in [2.45, 2.75) is 46.3 Å². The topological polar surface area (TPSA) is 88.7 Å². The number of nitrogens with two attached hydrogens (primary N) is 1. The average Bonchev–Trinajstić information content (AvgIpc) is 2.08. The van der Waals surface area contributed by atoms with Gasteiger partial charge in [-0.15, -0.1) is 24.0 Å². The summed E-state index contributed by atoms with van der Waals surface area (Å²) < 4.78 is 5.06. The highest BCUT2D eigenvalue weighted by molar-refractivity contribution is 14.0. The van der Waals surface area contributed by atoms with E-state index in [0.29, 0.717) is 19.0 Å². The molecule has 1 amide bonds. The SMILES string of the molecule is CC(C)NC(N)=NCCNC(=O)OC(C)(C)C.I. The molecule has 0 aliphatic rings. The lowest BCUT2D eigenvalue weighted by Crippen LogP contribution is -2.38. The number of nitrogens with one attached hydrogen (secondary N) is 2. The third kappa shape index (κ3) is 13.3.